The number of imidazole rings is 1. The maximum absolute atomic E-state index is 9.44. The molecule has 0 atom stereocenters. The Balaban J connectivity index is 2.30. The molecular formula is C15H18N4S. The molecule has 0 unspecified atom stereocenters. The second-order valence-electron chi connectivity index (χ2n) is 4.51. The van der Waals surface area contributed by atoms with Crippen LogP contribution in [0.3, 0.4) is 0 Å². The van der Waals surface area contributed by atoms with Crippen LogP contribution in [0.15, 0.2) is 35.5 Å². The van der Waals surface area contributed by atoms with Crippen molar-refractivity contribution in [2.24, 2.45) is 7.05 Å². The van der Waals surface area contributed by atoms with Crippen LogP contribution in [0.4, 0.5) is 5.69 Å². The predicted molar refractivity (Wildman–Crippen MR) is 82.9 cm³/mol. The molecule has 104 valence electrons. The molecule has 0 spiro atoms. The van der Waals surface area contributed by atoms with E-state index in [1.807, 2.05) is 43.1 Å². The van der Waals surface area contributed by atoms with Gasteiger partial charge in [0.1, 0.15) is 11.9 Å². The monoisotopic (exact) mass is 286 g/mol. The zero-order chi connectivity index (χ0) is 14.5. The van der Waals surface area contributed by atoms with Crippen LogP contribution in [0.5, 0.6) is 0 Å². The van der Waals surface area contributed by atoms with E-state index in [2.05, 4.69) is 22.9 Å². The summed E-state index contributed by atoms with van der Waals surface area (Å²) in [5, 5.41) is 9.44. The minimum atomic E-state index is 0.679. The van der Waals surface area contributed by atoms with Gasteiger partial charge in [0.05, 0.1) is 17.8 Å². The van der Waals surface area contributed by atoms with Crippen molar-refractivity contribution in [3.8, 4) is 6.07 Å². The molecule has 0 N–H and O–H groups in total. The van der Waals surface area contributed by atoms with Gasteiger partial charge in [-0.25, -0.2) is 4.98 Å². The largest absolute Gasteiger partial charge is 0.366 e. The Bertz CT molecular complexity index is 627. The first-order chi connectivity index (χ1) is 9.67. The van der Waals surface area contributed by atoms with E-state index in [0.717, 1.165) is 27.7 Å². The van der Waals surface area contributed by atoms with Crippen LogP contribution in [0, 0.1) is 11.3 Å². The normalized spacial score (nSPS) is 10.3. The average Bonchev–Trinajstić information content (AvgIpc) is 2.84. The summed E-state index contributed by atoms with van der Waals surface area (Å²) < 4.78 is 1.99. The highest BCUT2D eigenvalue weighted by Gasteiger charge is 2.13. The van der Waals surface area contributed by atoms with Crippen LogP contribution in [0.2, 0.25) is 0 Å². The van der Waals surface area contributed by atoms with Gasteiger partial charge in [-0.3, -0.25) is 0 Å². The lowest BCUT2D eigenvalue weighted by Crippen LogP contribution is -2.20. The molecule has 0 fully saturated rings. The van der Waals surface area contributed by atoms with Crippen molar-refractivity contribution < 1.29 is 0 Å². The Labute approximate surface area is 124 Å². The number of rotatable bonds is 5. The maximum atomic E-state index is 9.44. The highest BCUT2D eigenvalue weighted by molar-refractivity contribution is 7.99. The smallest absolute Gasteiger partial charge is 0.127 e. The molecule has 5 heteroatoms. The first-order valence-electron chi connectivity index (χ1n) is 6.50. The summed E-state index contributed by atoms with van der Waals surface area (Å²) in [6.45, 7) is 2.77. The molecule has 2 rings (SSSR count). The fourth-order valence-electron chi connectivity index (χ4n) is 2.07. The average molecular weight is 286 g/mol. The molecule has 0 amide bonds. The predicted octanol–water partition coefficient (Wildman–Crippen LogP) is 3.04. The van der Waals surface area contributed by atoms with E-state index in [1.165, 1.54) is 0 Å². The molecule has 1 aromatic carbocycles. The molecule has 0 radical (unpaired) electrons. The summed E-state index contributed by atoms with van der Waals surface area (Å²) in [7, 11) is 3.97. The van der Waals surface area contributed by atoms with Crippen molar-refractivity contribution in [1.82, 2.24) is 9.55 Å². The van der Waals surface area contributed by atoms with E-state index in [0.29, 0.717) is 6.54 Å². The molecule has 0 saturated carbocycles. The van der Waals surface area contributed by atoms with Crippen molar-refractivity contribution in [3.05, 3.63) is 42.0 Å². The number of hydrogen-bond acceptors (Lipinski definition) is 4. The highest BCUT2D eigenvalue weighted by Crippen LogP contribution is 2.30. The quantitative estimate of drug-likeness (QED) is 0.793. The van der Waals surface area contributed by atoms with Gasteiger partial charge in [-0.05, 0) is 17.9 Å². The molecule has 4 nitrogen and oxygen atoms in total. The molecule has 0 bridgehead atoms. The van der Waals surface area contributed by atoms with E-state index in [4.69, 9.17) is 0 Å². The molecule has 0 aliphatic carbocycles. The number of nitriles is 1. The fraction of sp³-hybridized carbons (Fsp3) is 0.333. The molecule has 0 aliphatic heterocycles. The molecule has 20 heavy (non-hydrogen) atoms. The standard InChI is InChI=1S/C15H18N4S/c1-4-20-14-7-5-6-13(12(14)10-16)19(3)11-15-17-8-9-18(15)2/h5-9H,4,11H2,1-3H3. The van der Waals surface area contributed by atoms with Crippen LogP contribution in [-0.2, 0) is 13.6 Å². The Morgan fingerprint density at radius 2 is 2.25 bits per heavy atom. The minimum Gasteiger partial charge on any atom is -0.366 e. The highest BCUT2D eigenvalue weighted by atomic mass is 32.2. The number of benzene rings is 1. The van der Waals surface area contributed by atoms with Gasteiger partial charge >= 0.3 is 0 Å². The molecular weight excluding hydrogens is 268 g/mol. The summed E-state index contributed by atoms with van der Waals surface area (Å²) in [6, 6.07) is 8.33. The van der Waals surface area contributed by atoms with Crippen LogP contribution in [0.1, 0.15) is 18.3 Å². The lowest BCUT2D eigenvalue weighted by Gasteiger charge is -2.21. The molecule has 1 aromatic heterocycles. The Hall–Kier alpha value is -1.93. The van der Waals surface area contributed by atoms with E-state index in [9.17, 15) is 5.26 Å². The zero-order valence-corrected chi connectivity index (χ0v) is 12.8. The van der Waals surface area contributed by atoms with Gasteiger partial charge in [-0.15, -0.1) is 11.8 Å². The molecule has 0 saturated heterocycles. The molecule has 0 aliphatic rings. The van der Waals surface area contributed by atoms with E-state index < -0.39 is 0 Å². The molecule has 1 heterocycles. The first kappa shape index (κ1) is 14.5. The minimum absolute atomic E-state index is 0.679. The van der Waals surface area contributed by atoms with Gasteiger partial charge in [0.2, 0.25) is 0 Å². The lowest BCUT2D eigenvalue weighted by molar-refractivity contribution is 0.760. The summed E-state index contributed by atoms with van der Waals surface area (Å²) in [5.41, 5.74) is 1.70. The second-order valence-corrected chi connectivity index (χ2v) is 5.81. The number of nitrogens with zero attached hydrogens (tertiary/aromatic N) is 4. The van der Waals surface area contributed by atoms with E-state index >= 15 is 0 Å². The van der Waals surface area contributed by atoms with E-state index in [-0.39, 0.29) is 0 Å². The van der Waals surface area contributed by atoms with Gasteiger partial charge in [0, 0.05) is 31.4 Å². The molecule has 2 aromatic rings. The third-order valence-corrected chi connectivity index (χ3v) is 4.07. The van der Waals surface area contributed by atoms with Crippen LogP contribution in [0.25, 0.3) is 0 Å². The zero-order valence-electron chi connectivity index (χ0n) is 12.0. The SMILES string of the molecule is CCSc1cccc(N(C)Cc2nccn2C)c1C#N. The number of thioether (sulfide) groups is 1. The summed E-state index contributed by atoms with van der Waals surface area (Å²) in [5.74, 6) is 1.94. The van der Waals surface area contributed by atoms with Crippen molar-refractivity contribution in [2.45, 2.75) is 18.4 Å². The number of aromatic nitrogens is 2. The van der Waals surface area contributed by atoms with Gasteiger partial charge in [0.15, 0.2) is 0 Å². The first-order valence-corrected chi connectivity index (χ1v) is 7.49. The number of hydrogen-bond donors (Lipinski definition) is 0. The van der Waals surface area contributed by atoms with Gasteiger partial charge < -0.3 is 9.47 Å². The Kier molecular flexibility index (Phi) is 4.70. The summed E-state index contributed by atoms with van der Waals surface area (Å²) in [6.07, 6.45) is 3.72. The maximum Gasteiger partial charge on any atom is 0.127 e. The lowest BCUT2D eigenvalue weighted by atomic mass is 10.2. The van der Waals surface area contributed by atoms with Gasteiger partial charge in [0.25, 0.3) is 0 Å². The van der Waals surface area contributed by atoms with Crippen LogP contribution >= 0.6 is 11.8 Å². The van der Waals surface area contributed by atoms with Gasteiger partial charge in [-0.1, -0.05) is 13.0 Å². The third kappa shape index (κ3) is 2.97. The van der Waals surface area contributed by atoms with Crippen molar-refractivity contribution >= 4 is 17.4 Å². The van der Waals surface area contributed by atoms with Crippen molar-refractivity contribution in [1.29, 1.82) is 5.26 Å². The third-order valence-electron chi connectivity index (χ3n) is 3.13. The summed E-state index contributed by atoms with van der Waals surface area (Å²) in [4.78, 5) is 7.44. The summed E-state index contributed by atoms with van der Waals surface area (Å²) >= 11 is 1.70. The Morgan fingerprint density at radius 3 is 2.85 bits per heavy atom. The van der Waals surface area contributed by atoms with E-state index in [1.54, 1.807) is 18.0 Å². The van der Waals surface area contributed by atoms with Crippen LogP contribution < -0.4 is 4.90 Å². The fourth-order valence-corrected chi connectivity index (χ4v) is 2.85. The number of aryl methyl sites for hydroxylation is 1. The van der Waals surface area contributed by atoms with Crippen LogP contribution in [-0.4, -0.2) is 22.4 Å². The van der Waals surface area contributed by atoms with Crippen molar-refractivity contribution in [3.63, 3.8) is 0 Å². The Morgan fingerprint density at radius 1 is 1.45 bits per heavy atom. The topological polar surface area (TPSA) is 44.9 Å². The second kappa shape index (κ2) is 6.49. The van der Waals surface area contributed by atoms with Crippen molar-refractivity contribution in [2.75, 3.05) is 17.7 Å². The van der Waals surface area contributed by atoms with Gasteiger partial charge in [-0.2, -0.15) is 5.26 Å². The number of anilines is 1.